The summed E-state index contributed by atoms with van der Waals surface area (Å²) in [4.78, 5) is 12.2. The number of fused-ring (bicyclic) bond motifs is 1. The number of hydrogen-bond acceptors (Lipinski definition) is 3. The first kappa shape index (κ1) is 16.0. The van der Waals surface area contributed by atoms with E-state index in [9.17, 15) is 18.0 Å². The van der Waals surface area contributed by atoms with Gasteiger partial charge >= 0.3 is 6.18 Å². The molecule has 0 unspecified atom stereocenters. The first-order valence-electron chi connectivity index (χ1n) is 7.20. The lowest BCUT2D eigenvalue weighted by Crippen LogP contribution is -2.12. The summed E-state index contributed by atoms with van der Waals surface area (Å²) in [6.07, 6.45) is -4.40. The average Bonchev–Trinajstić information content (AvgIpc) is 2.96. The highest BCUT2D eigenvalue weighted by Gasteiger charge is 2.30. The minimum atomic E-state index is -4.40. The highest BCUT2D eigenvalue weighted by Crippen LogP contribution is 2.29. The van der Waals surface area contributed by atoms with Crippen molar-refractivity contribution in [3.8, 4) is 0 Å². The van der Waals surface area contributed by atoms with Crippen molar-refractivity contribution in [3.63, 3.8) is 0 Å². The molecule has 0 aliphatic carbocycles. The number of alkyl halides is 3. The fraction of sp³-hybridized carbons (Fsp3) is 0.188. The molecular formula is C16H13F3N4O. The van der Waals surface area contributed by atoms with Gasteiger partial charge in [-0.3, -0.25) is 4.79 Å². The maximum absolute atomic E-state index is 12.5. The van der Waals surface area contributed by atoms with E-state index in [4.69, 9.17) is 0 Å². The van der Waals surface area contributed by atoms with Crippen LogP contribution in [0.25, 0.3) is 11.0 Å². The lowest BCUT2D eigenvalue weighted by atomic mass is 10.1. The predicted molar refractivity (Wildman–Crippen MR) is 82.6 cm³/mol. The van der Waals surface area contributed by atoms with E-state index in [1.165, 1.54) is 12.1 Å². The lowest BCUT2D eigenvalue weighted by Gasteiger charge is -2.09. The Labute approximate surface area is 135 Å². The molecule has 0 radical (unpaired) electrons. The molecule has 0 saturated heterocycles. The number of carbonyl (C=O) groups excluding carboxylic acids is 1. The van der Waals surface area contributed by atoms with Gasteiger partial charge in [-0.2, -0.15) is 13.2 Å². The number of nitrogens with one attached hydrogen (secondary N) is 1. The van der Waals surface area contributed by atoms with Crippen molar-refractivity contribution in [1.29, 1.82) is 0 Å². The number of amides is 1. The number of anilines is 1. The van der Waals surface area contributed by atoms with Crippen molar-refractivity contribution in [2.45, 2.75) is 19.6 Å². The van der Waals surface area contributed by atoms with Gasteiger partial charge < -0.3 is 5.32 Å². The molecule has 3 rings (SSSR count). The smallest absolute Gasteiger partial charge is 0.322 e. The van der Waals surface area contributed by atoms with Crippen LogP contribution in [0.4, 0.5) is 18.9 Å². The summed E-state index contributed by atoms with van der Waals surface area (Å²) in [6, 6.07) is 9.22. The number of aryl methyl sites for hydroxylation is 1. The molecule has 0 spiro atoms. The third-order valence-electron chi connectivity index (χ3n) is 3.55. The van der Waals surface area contributed by atoms with Crippen LogP contribution in [0.5, 0.6) is 0 Å². The van der Waals surface area contributed by atoms with Crippen molar-refractivity contribution in [2.75, 3.05) is 5.32 Å². The number of rotatable bonds is 3. The topological polar surface area (TPSA) is 59.8 Å². The van der Waals surface area contributed by atoms with E-state index in [-0.39, 0.29) is 5.69 Å². The predicted octanol–water partition coefficient (Wildman–Crippen LogP) is 3.72. The number of carbonyl (C=O) groups is 1. The quantitative estimate of drug-likeness (QED) is 0.794. The number of hydrogen-bond donors (Lipinski definition) is 1. The summed E-state index contributed by atoms with van der Waals surface area (Å²) in [5.41, 5.74) is 1.26. The van der Waals surface area contributed by atoms with Crippen LogP contribution in [-0.2, 0) is 12.7 Å². The number of halogens is 3. The molecule has 8 heteroatoms. The fourth-order valence-electron chi connectivity index (χ4n) is 2.29. The second-order valence-electron chi connectivity index (χ2n) is 5.14. The van der Waals surface area contributed by atoms with Crippen molar-refractivity contribution in [2.24, 2.45) is 0 Å². The van der Waals surface area contributed by atoms with Gasteiger partial charge in [0.25, 0.3) is 5.91 Å². The Balaban J connectivity index is 1.79. The van der Waals surface area contributed by atoms with Crippen molar-refractivity contribution in [3.05, 3.63) is 53.6 Å². The van der Waals surface area contributed by atoms with Gasteiger partial charge in [-0.05, 0) is 49.4 Å². The zero-order valence-electron chi connectivity index (χ0n) is 12.6. The van der Waals surface area contributed by atoms with Crippen LogP contribution >= 0.6 is 0 Å². The van der Waals surface area contributed by atoms with Gasteiger partial charge in [-0.25, -0.2) is 4.68 Å². The van der Waals surface area contributed by atoms with Gasteiger partial charge in [0.05, 0.1) is 11.1 Å². The monoisotopic (exact) mass is 334 g/mol. The van der Waals surface area contributed by atoms with E-state index >= 15 is 0 Å². The Bertz CT molecular complexity index is 884. The molecule has 0 bridgehead atoms. The van der Waals surface area contributed by atoms with E-state index in [0.717, 1.165) is 17.6 Å². The van der Waals surface area contributed by atoms with Crippen LogP contribution in [0, 0.1) is 0 Å². The molecular weight excluding hydrogens is 321 g/mol. The Hall–Kier alpha value is -2.90. The fourth-order valence-corrected chi connectivity index (χ4v) is 2.29. The summed E-state index contributed by atoms with van der Waals surface area (Å²) < 4.78 is 39.3. The summed E-state index contributed by atoms with van der Waals surface area (Å²) in [6.45, 7) is 2.59. The molecule has 0 saturated carbocycles. The van der Waals surface area contributed by atoms with Crippen LogP contribution in [0.2, 0.25) is 0 Å². The molecule has 5 nitrogen and oxygen atoms in total. The summed E-state index contributed by atoms with van der Waals surface area (Å²) in [5.74, 6) is -0.428. The molecule has 0 atom stereocenters. The first-order chi connectivity index (χ1) is 11.4. The Kier molecular flexibility index (Phi) is 3.96. The van der Waals surface area contributed by atoms with Crippen molar-refractivity contribution in [1.82, 2.24) is 15.0 Å². The Morgan fingerprint density at radius 3 is 2.50 bits per heavy atom. The van der Waals surface area contributed by atoms with E-state index in [1.807, 2.05) is 6.92 Å². The lowest BCUT2D eigenvalue weighted by molar-refractivity contribution is -0.137. The molecule has 0 fully saturated rings. The summed E-state index contributed by atoms with van der Waals surface area (Å²) in [5, 5.41) is 10.5. The van der Waals surface area contributed by atoms with Gasteiger partial charge in [0.2, 0.25) is 0 Å². The van der Waals surface area contributed by atoms with Gasteiger partial charge in [0.15, 0.2) is 0 Å². The molecule has 24 heavy (non-hydrogen) atoms. The van der Waals surface area contributed by atoms with Crippen LogP contribution in [-0.4, -0.2) is 20.9 Å². The van der Waals surface area contributed by atoms with Gasteiger partial charge in [0, 0.05) is 17.8 Å². The third kappa shape index (κ3) is 3.08. The minimum absolute atomic E-state index is 0.283. The number of nitrogens with zero attached hydrogens (tertiary/aromatic N) is 3. The molecule has 1 N–H and O–H groups in total. The molecule has 124 valence electrons. The summed E-state index contributed by atoms with van der Waals surface area (Å²) >= 11 is 0. The van der Waals surface area contributed by atoms with Crippen molar-refractivity contribution < 1.29 is 18.0 Å². The highest BCUT2D eigenvalue weighted by molar-refractivity contribution is 6.05. The zero-order chi connectivity index (χ0) is 17.3. The maximum Gasteiger partial charge on any atom is 0.416 e. The van der Waals surface area contributed by atoms with Crippen LogP contribution in [0.1, 0.15) is 22.8 Å². The Morgan fingerprint density at radius 1 is 1.17 bits per heavy atom. The van der Waals surface area contributed by atoms with Crippen LogP contribution < -0.4 is 5.32 Å². The van der Waals surface area contributed by atoms with Gasteiger partial charge in [-0.15, -0.1) is 5.10 Å². The Morgan fingerprint density at radius 2 is 1.88 bits per heavy atom. The third-order valence-corrected chi connectivity index (χ3v) is 3.55. The van der Waals surface area contributed by atoms with E-state index in [2.05, 4.69) is 15.6 Å². The SMILES string of the molecule is CCn1nnc2cc(C(=O)Nc3ccc(C(F)(F)F)cc3)ccc21. The van der Waals surface area contributed by atoms with E-state index < -0.39 is 17.6 Å². The molecule has 2 aromatic carbocycles. The molecule has 1 aromatic heterocycles. The molecule has 1 amide bonds. The van der Waals surface area contributed by atoms with E-state index in [0.29, 0.717) is 17.6 Å². The van der Waals surface area contributed by atoms with Gasteiger partial charge in [-0.1, -0.05) is 5.21 Å². The van der Waals surface area contributed by atoms with Crippen LogP contribution in [0.3, 0.4) is 0 Å². The standard InChI is InChI=1S/C16H13F3N4O/c1-2-23-14-8-3-10(9-13(14)21-22-23)15(24)20-12-6-4-11(5-7-12)16(17,18)19/h3-9H,2H2,1H3,(H,20,24). The zero-order valence-corrected chi connectivity index (χ0v) is 12.6. The van der Waals surface area contributed by atoms with Gasteiger partial charge in [0.1, 0.15) is 5.52 Å². The number of benzene rings is 2. The van der Waals surface area contributed by atoms with E-state index in [1.54, 1.807) is 22.9 Å². The van der Waals surface area contributed by atoms with Crippen LogP contribution in [0.15, 0.2) is 42.5 Å². The summed E-state index contributed by atoms with van der Waals surface area (Å²) in [7, 11) is 0. The average molecular weight is 334 g/mol. The first-order valence-corrected chi connectivity index (χ1v) is 7.20. The molecule has 1 heterocycles. The molecule has 0 aliphatic heterocycles. The second-order valence-corrected chi connectivity index (χ2v) is 5.14. The maximum atomic E-state index is 12.5. The highest BCUT2D eigenvalue weighted by atomic mass is 19.4. The number of aromatic nitrogens is 3. The molecule has 0 aliphatic rings. The second kappa shape index (κ2) is 5.95. The molecule has 3 aromatic rings. The normalized spacial score (nSPS) is 11.7. The van der Waals surface area contributed by atoms with Crippen molar-refractivity contribution >= 4 is 22.6 Å². The minimum Gasteiger partial charge on any atom is -0.322 e. The largest absolute Gasteiger partial charge is 0.416 e.